The summed E-state index contributed by atoms with van der Waals surface area (Å²) >= 11 is 1.74. The molecule has 2 rings (SSSR count). The van der Waals surface area contributed by atoms with Gasteiger partial charge in [0.25, 0.3) is 5.91 Å². The fraction of sp³-hybridized carbons (Fsp3) is 0.375. The molecule has 2 aromatic heterocycles. The first kappa shape index (κ1) is 15.5. The summed E-state index contributed by atoms with van der Waals surface area (Å²) in [6.07, 6.45) is 1.62. The molecule has 112 valence electrons. The van der Waals surface area contributed by atoms with E-state index in [-0.39, 0.29) is 11.9 Å². The van der Waals surface area contributed by atoms with Gasteiger partial charge in [-0.2, -0.15) is 0 Å². The van der Waals surface area contributed by atoms with Crippen molar-refractivity contribution in [3.63, 3.8) is 0 Å². The number of pyridine rings is 1. The van der Waals surface area contributed by atoms with Crippen molar-refractivity contribution in [1.29, 1.82) is 0 Å². The van der Waals surface area contributed by atoms with Crippen molar-refractivity contribution in [3.8, 4) is 0 Å². The standard InChI is InChI=1S/C16H21N3OS/c1-11(2)15(13-6-5-9-21-13)18-14-8-7-12(10-17-14)16(20)19(3)4/h5-11,15H,1-4H3,(H,17,18). The highest BCUT2D eigenvalue weighted by atomic mass is 32.1. The van der Waals surface area contributed by atoms with Crippen molar-refractivity contribution < 1.29 is 4.79 Å². The molecule has 0 aliphatic heterocycles. The number of thiophene rings is 1. The Morgan fingerprint density at radius 2 is 2.05 bits per heavy atom. The molecular formula is C16H21N3OS. The maximum absolute atomic E-state index is 11.8. The van der Waals surface area contributed by atoms with E-state index in [0.29, 0.717) is 11.5 Å². The van der Waals surface area contributed by atoms with Gasteiger partial charge in [0, 0.05) is 25.2 Å². The molecule has 0 fully saturated rings. The molecule has 0 aliphatic carbocycles. The van der Waals surface area contributed by atoms with E-state index in [1.807, 2.05) is 12.1 Å². The molecule has 0 saturated heterocycles. The van der Waals surface area contributed by atoms with Crippen molar-refractivity contribution in [2.45, 2.75) is 19.9 Å². The highest BCUT2D eigenvalue weighted by Gasteiger charge is 2.17. The summed E-state index contributed by atoms with van der Waals surface area (Å²) in [7, 11) is 3.47. The fourth-order valence-electron chi connectivity index (χ4n) is 2.06. The zero-order chi connectivity index (χ0) is 15.4. The molecule has 0 spiro atoms. The number of carbonyl (C=O) groups excluding carboxylic acids is 1. The number of rotatable bonds is 5. The third kappa shape index (κ3) is 3.82. The number of nitrogens with one attached hydrogen (secondary N) is 1. The van der Waals surface area contributed by atoms with E-state index >= 15 is 0 Å². The lowest BCUT2D eigenvalue weighted by molar-refractivity contribution is 0.0827. The van der Waals surface area contributed by atoms with Crippen LogP contribution in [0.15, 0.2) is 35.8 Å². The lowest BCUT2D eigenvalue weighted by atomic mass is 10.0. The number of hydrogen-bond acceptors (Lipinski definition) is 4. The van der Waals surface area contributed by atoms with Crippen LogP contribution in [0.2, 0.25) is 0 Å². The molecule has 1 N–H and O–H groups in total. The smallest absolute Gasteiger partial charge is 0.254 e. The minimum Gasteiger partial charge on any atom is -0.362 e. The Morgan fingerprint density at radius 3 is 2.52 bits per heavy atom. The number of nitrogens with zero attached hydrogens (tertiary/aromatic N) is 2. The third-order valence-corrected chi connectivity index (χ3v) is 4.19. The molecule has 0 aliphatic rings. The van der Waals surface area contributed by atoms with E-state index in [0.717, 1.165) is 5.82 Å². The molecule has 0 bridgehead atoms. The molecule has 1 unspecified atom stereocenters. The van der Waals surface area contributed by atoms with Crippen LogP contribution in [0, 0.1) is 5.92 Å². The first-order chi connectivity index (χ1) is 9.99. The van der Waals surface area contributed by atoms with Crippen molar-refractivity contribution in [2.75, 3.05) is 19.4 Å². The van der Waals surface area contributed by atoms with E-state index in [4.69, 9.17) is 0 Å². The highest BCUT2D eigenvalue weighted by molar-refractivity contribution is 7.10. The van der Waals surface area contributed by atoms with E-state index in [1.165, 1.54) is 4.88 Å². The predicted molar refractivity (Wildman–Crippen MR) is 87.8 cm³/mol. The van der Waals surface area contributed by atoms with Crippen molar-refractivity contribution in [2.24, 2.45) is 5.92 Å². The summed E-state index contributed by atoms with van der Waals surface area (Å²) in [6.45, 7) is 4.36. The number of hydrogen-bond donors (Lipinski definition) is 1. The lowest BCUT2D eigenvalue weighted by Crippen LogP contribution is -2.22. The van der Waals surface area contributed by atoms with Crippen LogP contribution < -0.4 is 5.32 Å². The van der Waals surface area contributed by atoms with Gasteiger partial charge in [-0.15, -0.1) is 11.3 Å². The molecular weight excluding hydrogens is 282 g/mol. The van der Waals surface area contributed by atoms with Gasteiger partial charge in [0.2, 0.25) is 0 Å². The molecule has 21 heavy (non-hydrogen) atoms. The summed E-state index contributed by atoms with van der Waals surface area (Å²) in [4.78, 5) is 19.0. The zero-order valence-corrected chi connectivity index (χ0v) is 13.6. The Balaban J connectivity index is 2.13. The summed E-state index contributed by atoms with van der Waals surface area (Å²) in [6, 6.07) is 8.09. The monoisotopic (exact) mass is 303 g/mol. The van der Waals surface area contributed by atoms with Gasteiger partial charge in [-0.3, -0.25) is 4.79 Å². The Bertz CT molecular complexity index is 576. The van der Waals surface area contributed by atoms with E-state index in [2.05, 4.69) is 41.7 Å². The van der Waals surface area contributed by atoms with Gasteiger partial charge in [0.15, 0.2) is 0 Å². The number of aromatic nitrogens is 1. The number of carbonyl (C=O) groups is 1. The Morgan fingerprint density at radius 1 is 1.29 bits per heavy atom. The average molecular weight is 303 g/mol. The van der Waals surface area contributed by atoms with Crippen molar-refractivity contribution in [3.05, 3.63) is 46.3 Å². The topological polar surface area (TPSA) is 45.2 Å². The van der Waals surface area contributed by atoms with Crippen LogP contribution in [0.1, 0.15) is 35.1 Å². The fourth-order valence-corrected chi connectivity index (χ4v) is 3.01. The van der Waals surface area contributed by atoms with Gasteiger partial charge >= 0.3 is 0 Å². The van der Waals surface area contributed by atoms with E-state index in [1.54, 1.807) is 36.5 Å². The average Bonchev–Trinajstić information content (AvgIpc) is 2.98. The number of amides is 1. The van der Waals surface area contributed by atoms with Gasteiger partial charge in [0.05, 0.1) is 11.6 Å². The maximum Gasteiger partial charge on any atom is 0.254 e. The second kappa shape index (κ2) is 6.72. The van der Waals surface area contributed by atoms with Crippen LogP contribution in [0.5, 0.6) is 0 Å². The van der Waals surface area contributed by atoms with Gasteiger partial charge in [-0.05, 0) is 29.5 Å². The zero-order valence-electron chi connectivity index (χ0n) is 12.8. The van der Waals surface area contributed by atoms with E-state index in [9.17, 15) is 4.79 Å². The normalized spacial score (nSPS) is 12.2. The van der Waals surface area contributed by atoms with Crippen LogP contribution in [0.25, 0.3) is 0 Å². The van der Waals surface area contributed by atoms with Crippen LogP contribution in [-0.4, -0.2) is 29.9 Å². The molecule has 0 radical (unpaired) electrons. The molecule has 1 amide bonds. The summed E-state index contributed by atoms with van der Waals surface area (Å²) in [5, 5.41) is 5.53. The molecule has 2 heterocycles. The largest absolute Gasteiger partial charge is 0.362 e. The third-order valence-electron chi connectivity index (χ3n) is 3.24. The van der Waals surface area contributed by atoms with Gasteiger partial charge in [-0.25, -0.2) is 4.98 Å². The van der Waals surface area contributed by atoms with E-state index < -0.39 is 0 Å². The molecule has 5 heteroatoms. The highest BCUT2D eigenvalue weighted by Crippen LogP contribution is 2.29. The predicted octanol–water partition coefficient (Wildman–Crippen LogP) is 3.65. The molecule has 2 aromatic rings. The summed E-state index contributed by atoms with van der Waals surface area (Å²) in [5.74, 6) is 1.21. The molecule has 0 aromatic carbocycles. The molecule has 1 atom stereocenters. The Hall–Kier alpha value is -1.88. The van der Waals surface area contributed by atoms with Crippen molar-refractivity contribution >= 4 is 23.1 Å². The lowest BCUT2D eigenvalue weighted by Gasteiger charge is -2.22. The second-order valence-electron chi connectivity index (χ2n) is 5.51. The maximum atomic E-state index is 11.8. The van der Waals surface area contributed by atoms with Gasteiger partial charge < -0.3 is 10.2 Å². The van der Waals surface area contributed by atoms with Crippen LogP contribution in [-0.2, 0) is 0 Å². The van der Waals surface area contributed by atoms with Crippen molar-refractivity contribution in [1.82, 2.24) is 9.88 Å². The van der Waals surface area contributed by atoms with Gasteiger partial charge in [0.1, 0.15) is 5.82 Å². The Kier molecular flexibility index (Phi) is 4.96. The summed E-state index contributed by atoms with van der Waals surface area (Å²) < 4.78 is 0. The SMILES string of the molecule is CC(C)C(Nc1ccc(C(=O)N(C)C)cn1)c1cccs1. The van der Waals surface area contributed by atoms with Crippen LogP contribution in [0.3, 0.4) is 0 Å². The number of anilines is 1. The van der Waals surface area contributed by atoms with Crippen LogP contribution >= 0.6 is 11.3 Å². The first-order valence-corrected chi connectivity index (χ1v) is 7.84. The van der Waals surface area contributed by atoms with Gasteiger partial charge in [-0.1, -0.05) is 19.9 Å². The molecule has 0 saturated carbocycles. The minimum absolute atomic E-state index is 0.0345. The molecule has 4 nitrogen and oxygen atoms in total. The summed E-state index contributed by atoms with van der Waals surface area (Å²) in [5.41, 5.74) is 0.600. The first-order valence-electron chi connectivity index (χ1n) is 6.96. The Labute approximate surface area is 129 Å². The minimum atomic E-state index is -0.0345. The van der Waals surface area contributed by atoms with Crippen LogP contribution in [0.4, 0.5) is 5.82 Å². The quantitative estimate of drug-likeness (QED) is 0.917. The second-order valence-corrected chi connectivity index (χ2v) is 6.49.